The van der Waals surface area contributed by atoms with Crippen molar-refractivity contribution >= 4 is 17.6 Å². The molecule has 0 aliphatic heterocycles. The molecule has 0 bridgehead atoms. The van der Waals surface area contributed by atoms with E-state index in [0.717, 1.165) is 43.4 Å². The molecule has 3 amide bonds. The van der Waals surface area contributed by atoms with Crippen LogP contribution in [0.4, 0.5) is 10.5 Å². The SMILES string of the molecule is CCNCc1c(CCNC(=O)NC2CCCCC2)cnc(-c2ccncc2NC(C)=O)c1O. The van der Waals surface area contributed by atoms with Gasteiger partial charge in [0, 0.05) is 49.6 Å². The number of pyridine rings is 2. The summed E-state index contributed by atoms with van der Waals surface area (Å²) >= 11 is 0. The Morgan fingerprint density at radius 2 is 1.97 bits per heavy atom. The molecule has 9 heteroatoms. The number of aromatic hydroxyl groups is 1. The van der Waals surface area contributed by atoms with Crippen molar-refractivity contribution in [2.75, 3.05) is 18.4 Å². The van der Waals surface area contributed by atoms with Gasteiger partial charge < -0.3 is 26.4 Å². The van der Waals surface area contributed by atoms with Crippen LogP contribution in [0.5, 0.6) is 5.75 Å². The van der Waals surface area contributed by atoms with Crippen LogP contribution in [0.25, 0.3) is 11.3 Å². The van der Waals surface area contributed by atoms with Crippen LogP contribution in [0.1, 0.15) is 57.1 Å². The average molecular weight is 455 g/mol. The van der Waals surface area contributed by atoms with Gasteiger partial charge >= 0.3 is 6.03 Å². The van der Waals surface area contributed by atoms with Crippen molar-refractivity contribution in [3.63, 3.8) is 0 Å². The number of anilines is 1. The first-order valence-corrected chi connectivity index (χ1v) is 11.7. The maximum atomic E-state index is 12.3. The van der Waals surface area contributed by atoms with Gasteiger partial charge in [-0.3, -0.25) is 14.8 Å². The molecule has 2 aromatic rings. The molecular weight excluding hydrogens is 420 g/mol. The summed E-state index contributed by atoms with van der Waals surface area (Å²) in [5, 5.41) is 23.1. The van der Waals surface area contributed by atoms with Crippen LogP contribution in [0.3, 0.4) is 0 Å². The standard InChI is InChI=1S/C24H34N6O3/c1-3-25-14-20-17(9-12-27-24(33)30-18-7-5-4-6-8-18)13-28-22(23(20)32)19-10-11-26-15-21(19)29-16(2)31/h10-11,13,15,18,25,32H,3-9,12,14H2,1-2H3,(H,29,31)(H2,27,30,33). The molecule has 3 rings (SSSR count). The normalized spacial score (nSPS) is 14.0. The van der Waals surface area contributed by atoms with Gasteiger partial charge in [0.1, 0.15) is 11.4 Å². The second-order valence-electron chi connectivity index (χ2n) is 8.33. The maximum Gasteiger partial charge on any atom is 0.315 e. The predicted molar refractivity (Wildman–Crippen MR) is 128 cm³/mol. The molecule has 1 saturated carbocycles. The zero-order chi connectivity index (χ0) is 23.6. The third kappa shape index (κ3) is 6.89. The molecule has 33 heavy (non-hydrogen) atoms. The zero-order valence-corrected chi connectivity index (χ0v) is 19.4. The van der Waals surface area contributed by atoms with Gasteiger partial charge in [0.05, 0.1) is 11.9 Å². The Hall–Kier alpha value is -3.20. The maximum absolute atomic E-state index is 12.3. The van der Waals surface area contributed by atoms with Gasteiger partial charge in [-0.2, -0.15) is 0 Å². The number of rotatable bonds is 9. The van der Waals surface area contributed by atoms with Crippen LogP contribution in [-0.2, 0) is 17.8 Å². The van der Waals surface area contributed by atoms with Crippen molar-refractivity contribution in [1.82, 2.24) is 25.9 Å². The number of hydrogen-bond donors (Lipinski definition) is 5. The number of nitrogens with zero attached hydrogens (tertiary/aromatic N) is 2. The summed E-state index contributed by atoms with van der Waals surface area (Å²) in [6.07, 6.45) is 11.0. The number of nitrogens with one attached hydrogen (secondary N) is 4. The number of urea groups is 1. The minimum atomic E-state index is -0.231. The fourth-order valence-electron chi connectivity index (χ4n) is 4.12. The zero-order valence-electron chi connectivity index (χ0n) is 19.4. The van der Waals surface area contributed by atoms with E-state index in [1.807, 2.05) is 6.92 Å². The van der Waals surface area contributed by atoms with Crippen molar-refractivity contribution in [3.8, 4) is 17.0 Å². The van der Waals surface area contributed by atoms with Gasteiger partial charge in [0.15, 0.2) is 0 Å². The lowest BCUT2D eigenvalue weighted by atomic mass is 9.96. The second kappa shape index (κ2) is 12.2. The third-order valence-corrected chi connectivity index (χ3v) is 5.81. The smallest absolute Gasteiger partial charge is 0.315 e. The van der Waals surface area contributed by atoms with Gasteiger partial charge in [0.25, 0.3) is 0 Å². The van der Waals surface area contributed by atoms with E-state index in [1.54, 1.807) is 18.5 Å². The topological polar surface area (TPSA) is 128 Å². The number of hydrogen-bond acceptors (Lipinski definition) is 6. The fraction of sp³-hybridized carbons (Fsp3) is 0.500. The molecule has 178 valence electrons. The molecule has 1 fully saturated rings. The summed E-state index contributed by atoms with van der Waals surface area (Å²) in [5.74, 6) is -0.177. The highest BCUT2D eigenvalue weighted by atomic mass is 16.3. The fourth-order valence-corrected chi connectivity index (χ4v) is 4.12. The number of carbonyl (C=O) groups excluding carboxylic acids is 2. The molecule has 0 atom stereocenters. The first-order chi connectivity index (χ1) is 16.0. The lowest BCUT2D eigenvalue weighted by molar-refractivity contribution is -0.114. The van der Waals surface area contributed by atoms with Crippen LogP contribution >= 0.6 is 0 Å². The molecule has 0 spiro atoms. The van der Waals surface area contributed by atoms with Crippen molar-refractivity contribution in [2.24, 2.45) is 0 Å². The Balaban J connectivity index is 1.74. The Labute approximate surface area is 194 Å². The van der Waals surface area contributed by atoms with Gasteiger partial charge in [-0.25, -0.2) is 4.79 Å². The highest BCUT2D eigenvalue weighted by Crippen LogP contribution is 2.36. The van der Waals surface area contributed by atoms with Crippen molar-refractivity contribution < 1.29 is 14.7 Å². The van der Waals surface area contributed by atoms with E-state index in [9.17, 15) is 14.7 Å². The first kappa shape index (κ1) is 24.4. The molecule has 0 radical (unpaired) electrons. The second-order valence-corrected chi connectivity index (χ2v) is 8.33. The quantitative estimate of drug-likeness (QED) is 0.396. The third-order valence-electron chi connectivity index (χ3n) is 5.81. The molecule has 0 saturated heterocycles. The number of carbonyl (C=O) groups is 2. The molecular formula is C24H34N6O3. The molecule has 5 N–H and O–H groups in total. The number of amides is 3. The highest BCUT2D eigenvalue weighted by molar-refractivity contribution is 5.94. The van der Waals surface area contributed by atoms with Crippen LogP contribution in [-0.4, -0.2) is 46.1 Å². The Bertz CT molecular complexity index is 959. The van der Waals surface area contributed by atoms with Crippen LogP contribution in [0.15, 0.2) is 24.7 Å². The van der Waals surface area contributed by atoms with E-state index in [1.165, 1.54) is 19.5 Å². The van der Waals surface area contributed by atoms with Gasteiger partial charge in [-0.15, -0.1) is 0 Å². The van der Waals surface area contributed by atoms with Gasteiger partial charge in [-0.05, 0) is 37.4 Å². The molecule has 2 heterocycles. The Kier molecular flexibility index (Phi) is 9.00. The number of aromatic nitrogens is 2. The predicted octanol–water partition coefficient (Wildman–Crippen LogP) is 3.09. The average Bonchev–Trinajstić information content (AvgIpc) is 2.80. The molecule has 2 aromatic heterocycles. The van der Waals surface area contributed by atoms with E-state index in [4.69, 9.17) is 0 Å². The van der Waals surface area contributed by atoms with Crippen LogP contribution in [0, 0.1) is 0 Å². The van der Waals surface area contributed by atoms with Crippen LogP contribution in [0.2, 0.25) is 0 Å². The van der Waals surface area contributed by atoms with Crippen molar-refractivity contribution in [2.45, 2.75) is 65.0 Å². The monoisotopic (exact) mass is 454 g/mol. The lowest BCUT2D eigenvalue weighted by Crippen LogP contribution is -2.43. The van der Waals surface area contributed by atoms with E-state index in [-0.39, 0.29) is 23.7 Å². The summed E-state index contributed by atoms with van der Waals surface area (Å²) in [7, 11) is 0. The Morgan fingerprint density at radius 1 is 1.18 bits per heavy atom. The summed E-state index contributed by atoms with van der Waals surface area (Å²) < 4.78 is 0. The van der Waals surface area contributed by atoms with E-state index in [0.29, 0.717) is 36.5 Å². The highest BCUT2D eigenvalue weighted by Gasteiger charge is 2.19. The largest absolute Gasteiger partial charge is 0.505 e. The summed E-state index contributed by atoms with van der Waals surface area (Å²) in [4.78, 5) is 32.4. The van der Waals surface area contributed by atoms with E-state index in [2.05, 4.69) is 31.2 Å². The Morgan fingerprint density at radius 3 is 2.70 bits per heavy atom. The van der Waals surface area contributed by atoms with E-state index >= 15 is 0 Å². The van der Waals surface area contributed by atoms with Crippen molar-refractivity contribution in [3.05, 3.63) is 35.8 Å². The lowest BCUT2D eigenvalue weighted by Gasteiger charge is -2.23. The van der Waals surface area contributed by atoms with Crippen LogP contribution < -0.4 is 21.3 Å². The molecule has 0 aromatic carbocycles. The van der Waals surface area contributed by atoms with Gasteiger partial charge in [0.2, 0.25) is 5.91 Å². The van der Waals surface area contributed by atoms with Gasteiger partial charge in [-0.1, -0.05) is 26.2 Å². The van der Waals surface area contributed by atoms with Crippen molar-refractivity contribution in [1.29, 1.82) is 0 Å². The molecule has 1 aliphatic rings. The minimum absolute atomic E-state index is 0.0536. The first-order valence-electron chi connectivity index (χ1n) is 11.7. The molecule has 9 nitrogen and oxygen atoms in total. The summed E-state index contributed by atoms with van der Waals surface area (Å²) in [5.41, 5.74) is 3.02. The summed E-state index contributed by atoms with van der Waals surface area (Å²) in [6, 6.07) is 1.81. The minimum Gasteiger partial charge on any atom is -0.505 e. The summed E-state index contributed by atoms with van der Waals surface area (Å²) in [6.45, 7) is 5.05. The molecule has 0 unspecified atom stereocenters. The molecule has 1 aliphatic carbocycles. The van der Waals surface area contributed by atoms with E-state index < -0.39 is 0 Å².